The summed E-state index contributed by atoms with van der Waals surface area (Å²) in [5.74, 6) is 1.05. The number of likely N-dealkylation sites (tertiary alicyclic amines) is 2. The van der Waals surface area contributed by atoms with Crippen molar-refractivity contribution >= 4 is 57.0 Å². The first-order chi connectivity index (χ1) is 29.2. The molecule has 2 amide bonds. The quantitative estimate of drug-likeness (QED) is 0.114. The van der Waals surface area contributed by atoms with Gasteiger partial charge in [-0.15, -0.1) is 0 Å². The molecule has 3 saturated carbocycles. The lowest BCUT2D eigenvalue weighted by Crippen LogP contribution is -2.51. The number of carbonyl (C=O) groups excluding carboxylic acids is 2. The molecule has 0 radical (unpaired) electrons. The maximum Gasteiger partial charge on any atom is 0.249 e. The van der Waals surface area contributed by atoms with E-state index in [1.807, 2.05) is 36.4 Å². The van der Waals surface area contributed by atoms with Crippen LogP contribution in [-0.4, -0.2) is 94.5 Å². The van der Waals surface area contributed by atoms with Gasteiger partial charge in [-0.05, 0) is 184 Å². The van der Waals surface area contributed by atoms with Gasteiger partial charge in [-0.3, -0.25) is 9.59 Å². The van der Waals surface area contributed by atoms with E-state index < -0.39 is 12.0 Å². The average molecular weight is 862 g/mol. The molecule has 3 N–H and O–H groups in total. The molecule has 60 heavy (non-hydrogen) atoms. The fourth-order valence-corrected chi connectivity index (χ4v) is 11.4. The number of rotatable bonds is 14. The largest absolute Gasteiger partial charge is 0.382 e. The van der Waals surface area contributed by atoms with Crippen LogP contribution < -0.4 is 10.6 Å². The molecule has 4 heterocycles. The van der Waals surface area contributed by atoms with Gasteiger partial charge < -0.3 is 34.6 Å². The number of carbonyl (C=O) groups is 2. The van der Waals surface area contributed by atoms with Gasteiger partial charge in [-0.1, -0.05) is 33.5 Å². The van der Waals surface area contributed by atoms with E-state index in [0.717, 1.165) is 162 Å². The van der Waals surface area contributed by atoms with Gasteiger partial charge in [0.25, 0.3) is 0 Å². The third kappa shape index (κ3) is 10.0. The number of piperidine rings is 2. The smallest absolute Gasteiger partial charge is 0.249 e. The first-order valence-corrected chi connectivity index (χ1v) is 23.8. The number of aliphatic hydroxyl groups is 1. The minimum atomic E-state index is -1.30. The maximum absolute atomic E-state index is 13.6. The second kappa shape index (κ2) is 19.0. The molecule has 0 spiro atoms. The number of aliphatic hydroxyl groups excluding tert-OH is 1. The fraction of sp³-hybridized carbons (Fsp3) is 0.660. The zero-order valence-electron chi connectivity index (χ0n) is 34.8. The predicted octanol–water partition coefficient (Wildman–Crippen LogP) is 8.85. The van der Waals surface area contributed by atoms with Crippen molar-refractivity contribution in [3.05, 3.63) is 57.8 Å². The first-order valence-electron chi connectivity index (χ1n) is 23.1. The Kier molecular flexibility index (Phi) is 13.4. The molecule has 0 bridgehead atoms. The van der Waals surface area contributed by atoms with Crippen LogP contribution in [-0.2, 0) is 9.59 Å². The molecular weight excluding hydrogens is 799 g/mol. The highest BCUT2D eigenvalue weighted by Gasteiger charge is 2.45. The van der Waals surface area contributed by atoms with Crippen LogP contribution in [0.25, 0.3) is 21.9 Å². The molecule has 9 rings (SSSR count). The molecule has 2 atom stereocenters. The Labute approximate surface area is 363 Å². The highest BCUT2D eigenvalue weighted by Crippen LogP contribution is 2.40. The predicted molar refractivity (Wildman–Crippen MR) is 234 cm³/mol. The van der Waals surface area contributed by atoms with Gasteiger partial charge >= 0.3 is 0 Å². The van der Waals surface area contributed by atoms with Crippen molar-refractivity contribution in [2.45, 2.75) is 133 Å². The normalized spacial score (nSPS) is 26.3. The van der Waals surface area contributed by atoms with Crippen molar-refractivity contribution in [3.63, 3.8) is 0 Å². The molecule has 2 aromatic carbocycles. The summed E-state index contributed by atoms with van der Waals surface area (Å²) >= 11 is 12.3. The van der Waals surface area contributed by atoms with Crippen molar-refractivity contribution in [1.29, 1.82) is 0 Å². The number of hydrogen-bond acceptors (Lipinski definition) is 9. The molecule has 13 heteroatoms. The zero-order chi connectivity index (χ0) is 41.2. The third-order valence-corrected chi connectivity index (χ3v) is 15.5. The van der Waals surface area contributed by atoms with E-state index in [-0.39, 0.29) is 29.8 Å². The summed E-state index contributed by atoms with van der Waals surface area (Å²) in [6.45, 7) is 6.48. The van der Waals surface area contributed by atoms with Gasteiger partial charge in [0.2, 0.25) is 11.8 Å². The molecule has 2 saturated heterocycles. The van der Waals surface area contributed by atoms with Gasteiger partial charge in [-0.25, -0.2) is 0 Å². The lowest BCUT2D eigenvalue weighted by atomic mass is 9.83. The van der Waals surface area contributed by atoms with Crippen LogP contribution in [0.5, 0.6) is 0 Å². The standard InChI is InChI=1S/C47H62Cl2N6O5/c48-34-7-13-38-40(27-34)59-52-43(38)32-17-23-54(24-18-32)21-15-29-1-9-36(10-2-29)50-46(57)42(31-5-6-31)45(56)47(58)51-37-11-3-30(4-12-37)16-22-55-25-19-33(20-26-55)44-39-14-8-35(49)28-41(39)60-53-44/h7-8,13-14,27-33,36-37,42,45,56H,1-6,9-12,15-26H2,(H,50,57)(H,51,58). The van der Waals surface area contributed by atoms with Gasteiger partial charge in [0.15, 0.2) is 11.2 Å². The Balaban J connectivity index is 0.650. The van der Waals surface area contributed by atoms with Crippen LogP contribution in [0.4, 0.5) is 0 Å². The molecule has 5 aliphatic rings. The average Bonchev–Trinajstić information content (AvgIpc) is 3.87. The van der Waals surface area contributed by atoms with Crippen LogP contribution in [0.3, 0.4) is 0 Å². The van der Waals surface area contributed by atoms with Crippen molar-refractivity contribution in [1.82, 2.24) is 30.7 Å². The summed E-state index contributed by atoms with van der Waals surface area (Å²) in [5, 5.41) is 30.0. The molecule has 2 aromatic heterocycles. The van der Waals surface area contributed by atoms with Crippen molar-refractivity contribution < 1.29 is 23.7 Å². The number of halogens is 2. The zero-order valence-corrected chi connectivity index (χ0v) is 36.4. The Bertz CT molecular complexity index is 2070. The summed E-state index contributed by atoms with van der Waals surface area (Å²) in [5.41, 5.74) is 3.66. The Morgan fingerprint density at radius 2 is 1.07 bits per heavy atom. The molecule has 2 unspecified atom stereocenters. The lowest BCUT2D eigenvalue weighted by Gasteiger charge is -2.35. The van der Waals surface area contributed by atoms with Gasteiger partial charge in [0.1, 0.15) is 6.10 Å². The second-order valence-electron chi connectivity index (χ2n) is 19.0. The third-order valence-electron chi connectivity index (χ3n) is 15.0. The molecule has 324 valence electrons. The molecular formula is C47H62Cl2N6O5. The van der Waals surface area contributed by atoms with E-state index in [1.165, 1.54) is 12.8 Å². The highest BCUT2D eigenvalue weighted by molar-refractivity contribution is 6.31. The van der Waals surface area contributed by atoms with Gasteiger partial charge in [0, 0.05) is 56.9 Å². The Morgan fingerprint density at radius 1 is 0.633 bits per heavy atom. The number of fused-ring (bicyclic) bond motifs is 2. The van der Waals surface area contributed by atoms with Crippen LogP contribution in [0, 0.1) is 23.7 Å². The highest BCUT2D eigenvalue weighted by atomic mass is 35.5. The van der Waals surface area contributed by atoms with Crippen LogP contribution in [0.15, 0.2) is 45.4 Å². The molecule has 11 nitrogen and oxygen atoms in total. The van der Waals surface area contributed by atoms with Gasteiger partial charge in [0.05, 0.1) is 17.3 Å². The lowest BCUT2D eigenvalue weighted by molar-refractivity contribution is -0.142. The van der Waals surface area contributed by atoms with Gasteiger partial charge in [-0.2, -0.15) is 0 Å². The number of aromatic nitrogens is 2. The Morgan fingerprint density at radius 3 is 1.50 bits per heavy atom. The van der Waals surface area contributed by atoms with Crippen LogP contribution in [0.2, 0.25) is 10.0 Å². The maximum atomic E-state index is 13.6. The molecule has 2 aliphatic heterocycles. The van der Waals surface area contributed by atoms with E-state index >= 15 is 0 Å². The van der Waals surface area contributed by atoms with E-state index in [9.17, 15) is 14.7 Å². The Hall–Kier alpha value is -3.22. The topological polar surface area (TPSA) is 137 Å². The minimum Gasteiger partial charge on any atom is -0.382 e. The second-order valence-corrected chi connectivity index (χ2v) is 19.9. The molecule has 4 aromatic rings. The van der Waals surface area contributed by atoms with E-state index in [4.69, 9.17) is 32.2 Å². The number of nitrogens with one attached hydrogen (secondary N) is 2. The summed E-state index contributed by atoms with van der Waals surface area (Å²) < 4.78 is 11.2. The molecule has 5 fully saturated rings. The van der Waals surface area contributed by atoms with E-state index in [0.29, 0.717) is 33.7 Å². The summed E-state index contributed by atoms with van der Waals surface area (Å²) in [7, 11) is 0. The van der Waals surface area contributed by atoms with Crippen LogP contribution >= 0.6 is 23.2 Å². The fourth-order valence-electron chi connectivity index (χ4n) is 11.0. The van der Waals surface area contributed by atoms with Crippen molar-refractivity contribution in [2.24, 2.45) is 23.7 Å². The number of benzene rings is 2. The first kappa shape index (κ1) is 42.1. The number of nitrogens with zero attached hydrogens (tertiary/aromatic N) is 4. The van der Waals surface area contributed by atoms with Crippen LogP contribution in [0.1, 0.15) is 126 Å². The number of amides is 2. The van der Waals surface area contributed by atoms with Crippen molar-refractivity contribution in [2.75, 3.05) is 39.3 Å². The summed E-state index contributed by atoms with van der Waals surface area (Å²) in [4.78, 5) is 32.2. The van der Waals surface area contributed by atoms with E-state index in [2.05, 4.69) is 30.7 Å². The monoisotopic (exact) mass is 860 g/mol. The summed E-state index contributed by atoms with van der Waals surface area (Å²) in [6.07, 6.45) is 15.3. The van der Waals surface area contributed by atoms with Crippen molar-refractivity contribution in [3.8, 4) is 0 Å². The SMILES string of the molecule is O=C(NC1CCC(CCN2CCC(c3noc4cc(Cl)ccc34)CC2)CC1)C(O)C(C(=O)NC1CCC(CCN2CCC(c3noc4cc(Cl)ccc34)CC2)CC1)C1CC1. The summed E-state index contributed by atoms with van der Waals surface area (Å²) in [6, 6.07) is 11.7. The number of hydrogen-bond donors (Lipinski definition) is 3. The minimum absolute atomic E-state index is 0.0599. The molecule has 3 aliphatic carbocycles. The van der Waals surface area contributed by atoms with E-state index in [1.54, 1.807) is 0 Å².